The van der Waals surface area contributed by atoms with Crippen molar-refractivity contribution in [2.45, 2.75) is 32.7 Å². The Morgan fingerprint density at radius 2 is 1.71 bits per heavy atom. The van der Waals surface area contributed by atoms with Crippen LogP contribution in [0.5, 0.6) is 0 Å². The molecule has 0 spiro atoms. The van der Waals surface area contributed by atoms with Gasteiger partial charge in [-0.05, 0) is 50.8 Å². The summed E-state index contributed by atoms with van der Waals surface area (Å²) >= 11 is 1.50. The smallest absolute Gasteiger partial charge is 0.282 e. The van der Waals surface area contributed by atoms with E-state index in [0.717, 1.165) is 48.7 Å². The van der Waals surface area contributed by atoms with E-state index in [0.29, 0.717) is 10.9 Å². The zero-order chi connectivity index (χ0) is 21.6. The highest BCUT2D eigenvalue weighted by Crippen LogP contribution is 2.28. The lowest BCUT2D eigenvalue weighted by Gasteiger charge is -2.32. The second-order valence-electron chi connectivity index (χ2n) is 8.51. The molecule has 31 heavy (non-hydrogen) atoms. The number of hydrogen-bond acceptors (Lipinski definition) is 4. The molecular weight excluding hydrogens is 402 g/mol. The normalized spacial score (nSPS) is 15.2. The standard InChI is InChI=1S/C26H31N3OS/c1-20-24(23-11-7-4-8-12-23)27-25(31-20)26(30)28(2)16-13-21-14-17-29(18-15-21)19-22-9-5-3-6-10-22/h3-12,21H,13-19H2,1-2H3. The monoisotopic (exact) mass is 433 g/mol. The van der Waals surface area contributed by atoms with Gasteiger partial charge in [0.25, 0.3) is 5.91 Å². The van der Waals surface area contributed by atoms with E-state index in [-0.39, 0.29) is 5.91 Å². The second-order valence-corrected chi connectivity index (χ2v) is 9.71. The van der Waals surface area contributed by atoms with Crippen molar-refractivity contribution in [1.82, 2.24) is 14.8 Å². The topological polar surface area (TPSA) is 36.4 Å². The Balaban J connectivity index is 1.26. The predicted molar refractivity (Wildman–Crippen MR) is 128 cm³/mol. The molecule has 4 nitrogen and oxygen atoms in total. The van der Waals surface area contributed by atoms with E-state index in [1.807, 2.05) is 49.2 Å². The molecule has 1 fully saturated rings. The van der Waals surface area contributed by atoms with Gasteiger partial charge in [0, 0.05) is 30.6 Å². The fourth-order valence-electron chi connectivity index (χ4n) is 4.27. The number of piperidine rings is 1. The van der Waals surface area contributed by atoms with Crippen LogP contribution in [-0.4, -0.2) is 47.4 Å². The van der Waals surface area contributed by atoms with Crippen molar-refractivity contribution in [3.63, 3.8) is 0 Å². The predicted octanol–water partition coefficient (Wildman–Crippen LogP) is 5.49. The molecule has 162 valence electrons. The zero-order valence-electron chi connectivity index (χ0n) is 18.5. The molecule has 0 saturated carbocycles. The van der Waals surface area contributed by atoms with Gasteiger partial charge in [0.15, 0.2) is 5.01 Å². The van der Waals surface area contributed by atoms with Crippen LogP contribution >= 0.6 is 11.3 Å². The van der Waals surface area contributed by atoms with E-state index in [1.165, 1.54) is 29.7 Å². The number of thiazole rings is 1. The molecule has 1 amide bonds. The summed E-state index contributed by atoms with van der Waals surface area (Å²) in [5, 5.41) is 0.594. The van der Waals surface area contributed by atoms with Crippen LogP contribution in [0, 0.1) is 12.8 Å². The Bertz CT molecular complexity index is 978. The Labute approximate surface area is 189 Å². The minimum Gasteiger partial charge on any atom is -0.340 e. The van der Waals surface area contributed by atoms with Gasteiger partial charge in [-0.3, -0.25) is 9.69 Å². The highest BCUT2D eigenvalue weighted by molar-refractivity contribution is 7.14. The van der Waals surface area contributed by atoms with E-state index < -0.39 is 0 Å². The third kappa shape index (κ3) is 5.60. The van der Waals surface area contributed by atoms with Gasteiger partial charge in [0.1, 0.15) is 0 Å². The summed E-state index contributed by atoms with van der Waals surface area (Å²) in [6, 6.07) is 20.8. The van der Waals surface area contributed by atoms with E-state index in [4.69, 9.17) is 0 Å². The Morgan fingerprint density at radius 1 is 1.06 bits per heavy atom. The first kappa shape index (κ1) is 21.7. The molecule has 1 aromatic heterocycles. The van der Waals surface area contributed by atoms with Crippen molar-refractivity contribution in [3.8, 4) is 11.3 Å². The number of aryl methyl sites for hydroxylation is 1. The van der Waals surface area contributed by atoms with Gasteiger partial charge >= 0.3 is 0 Å². The van der Waals surface area contributed by atoms with Gasteiger partial charge in [-0.1, -0.05) is 60.7 Å². The summed E-state index contributed by atoms with van der Waals surface area (Å²) in [7, 11) is 1.91. The van der Waals surface area contributed by atoms with Crippen molar-refractivity contribution in [3.05, 3.63) is 76.1 Å². The molecule has 4 rings (SSSR count). The molecule has 0 unspecified atom stereocenters. The van der Waals surface area contributed by atoms with E-state index >= 15 is 0 Å². The first-order valence-corrected chi connectivity index (χ1v) is 12.0. The lowest BCUT2D eigenvalue weighted by molar-refractivity contribution is 0.0776. The second kappa shape index (κ2) is 10.2. The lowest BCUT2D eigenvalue weighted by Crippen LogP contribution is -2.35. The summed E-state index contributed by atoms with van der Waals surface area (Å²) in [5.74, 6) is 0.733. The molecule has 3 aromatic rings. The van der Waals surface area contributed by atoms with E-state index in [1.54, 1.807) is 0 Å². The molecule has 0 aliphatic carbocycles. The molecule has 0 bridgehead atoms. The number of likely N-dealkylation sites (tertiary alicyclic amines) is 1. The molecular formula is C26H31N3OS. The lowest BCUT2D eigenvalue weighted by atomic mass is 9.93. The maximum absolute atomic E-state index is 12.9. The highest BCUT2D eigenvalue weighted by atomic mass is 32.1. The Morgan fingerprint density at radius 3 is 2.39 bits per heavy atom. The summed E-state index contributed by atoms with van der Waals surface area (Å²) in [5.41, 5.74) is 3.38. The van der Waals surface area contributed by atoms with Gasteiger partial charge in [0.05, 0.1) is 5.69 Å². The third-order valence-electron chi connectivity index (χ3n) is 6.20. The summed E-state index contributed by atoms with van der Waals surface area (Å²) in [6.45, 7) is 6.16. The van der Waals surface area contributed by atoms with Crippen LogP contribution in [0.25, 0.3) is 11.3 Å². The molecule has 1 aliphatic heterocycles. The highest BCUT2D eigenvalue weighted by Gasteiger charge is 2.22. The number of aromatic nitrogens is 1. The maximum atomic E-state index is 12.9. The van der Waals surface area contributed by atoms with Gasteiger partial charge in [-0.2, -0.15) is 0 Å². The van der Waals surface area contributed by atoms with Gasteiger partial charge < -0.3 is 4.90 Å². The van der Waals surface area contributed by atoms with Crippen LogP contribution in [-0.2, 0) is 6.54 Å². The third-order valence-corrected chi connectivity index (χ3v) is 7.16. The SMILES string of the molecule is Cc1sc(C(=O)N(C)CCC2CCN(Cc3ccccc3)CC2)nc1-c1ccccc1. The Kier molecular flexibility index (Phi) is 7.15. The van der Waals surface area contributed by atoms with Crippen molar-refractivity contribution in [2.75, 3.05) is 26.7 Å². The molecule has 1 aliphatic rings. The van der Waals surface area contributed by atoms with Crippen LogP contribution < -0.4 is 0 Å². The fraction of sp³-hybridized carbons (Fsp3) is 0.385. The number of rotatable bonds is 7. The molecule has 2 aromatic carbocycles. The van der Waals surface area contributed by atoms with Crippen LogP contribution in [0.4, 0.5) is 0 Å². The van der Waals surface area contributed by atoms with Crippen LogP contribution in [0.3, 0.4) is 0 Å². The number of nitrogens with zero attached hydrogens (tertiary/aromatic N) is 3. The van der Waals surface area contributed by atoms with Crippen LogP contribution in [0.1, 0.15) is 39.5 Å². The largest absolute Gasteiger partial charge is 0.340 e. The van der Waals surface area contributed by atoms with Crippen LogP contribution in [0.15, 0.2) is 60.7 Å². The average Bonchev–Trinajstić information content (AvgIpc) is 3.20. The minimum absolute atomic E-state index is 0.0387. The molecule has 5 heteroatoms. The van der Waals surface area contributed by atoms with Gasteiger partial charge in [-0.25, -0.2) is 4.98 Å². The van der Waals surface area contributed by atoms with Crippen molar-refractivity contribution in [1.29, 1.82) is 0 Å². The zero-order valence-corrected chi connectivity index (χ0v) is 19.3. The quantitative estimate of drug-likeness (QED) is 0.494. The number of amides is 1. The maximum Gasteiger partial charge on any atom is 0.282 e. The van der Waals surface area contributed by atoms with Crippen molar-refractivity contribution < 1.29 is 4.79 Å². The molecule has 0 N–H and O–H groups in total. The number of benzene rings is 2. The van der Waals surface area contributed by atoms with Crippen molar-refractivity contribution >= 4 is 17.2 Å². The van der Waals surface area contributed by atoms with Crippen molar-refractivity contribution in [2.24, 2.45) is 5.92 Å². The Hall–Kier alpha value is -2.50. The van der Waals surface area contributed by atoms with E-state index in [2.05, 4.69) is 40.2 Å². The molecule has 2 heterocycles. The molecule has 0 radical (unpaired) electrons. The molecule has 0 atom stereocenters. The van der Waals surface area contributed by atoms with Gasteiger partial charge in [-0.15, -0.1) is 11.3 Å². The first-order valence-electron chi connectivity index (χ1n) is 11.1. The summed E-state index contributed by atoms with van der Waals surface area (Å²) < 4.78 is 0. The van der Waals surface area contributed by atoms with E-state index in [9.17, 15) is 4.79 Å². The average molecular weight is 434 g/mol. The fourth-order valence-corrected chi connectivity index (χ4v) is 5.20. The number of carbonyl (C=O) groups excluding carboxylic acids is 1. The minimum atomic E-state index is 0.0387. The first-order chi connectivity index (χ1) is 15.1. The number of carbonyl (C=O) groups is 1. The molecule has 1 saturated heterocycles. The van der Waals surface area contributed by atoms with Gasteiger partial charge in [0.2, 0.25) is 0 Å². The summed E-state index contributed by atoms with van der Waals surface area (Å²) in [4.78, 5) is 23.1. The van der Waals surface area contributed by atoms with Crippen LogP contribution in [0.2, 0.25) is 0 Å². The summed E-state index contributed by atoms with van der Waals surface area (Å²) in [6.07, 6.45) is 3.49. The number of hydrogen-bond donors (Lipinski definition) is 0.